The average Bonchev–Trinajstić information content (AvgIpc) is 3.53. The smallest absolute Gasteiger partial charge is 0.249 e. The molecule has 6 nitrogen and oxygen atoms in total. The molecular weight excluding hydrogens is 364 g/mol. The Balaban J connectivity index is 1.35. The third kappa shape index (κ3) is 3.82. The highest BCUT2D eigenvalue weighted by molar-refractivity contribution is 5.92. The van der Waals surface area contributed by atoms with Crippen molar-refractivity contribution in [1.29, 1.82) is 0 Å². The summed E-state index contributed by atoms with van der Waals surface area (Å²) in [5.41, 5.74) is 3.72. The Kier molecular flexibility index (Phi) is 4.44. The Morgan fingerprint density at radius 1 is 1.00 bits per heavy atom. The summed E-state index contributed by atoms with van der Waals surface area (Å²) in [6, 6.07) is 23.8. The number of carbonyl (C=O) groups is 1. The molecule has 1 aliphatic carbocycles. The molecule has 29 heavy (non-hydrogen) atoms. The number of hydrogen-bond donors (Lipinski definition) is 1. The van der Waals surface area contributed by atoms with Crippen LogP contribution in [-0.2, 0) is 11.4 Å². The van der Waals surface area contributed by atoms with Crippen LogP contribution in [0.3, 0.4) is 0 Å². The van der Waals surface area contributed by atoms with Crippen LogP contribution in [0.2, 0.25) is 0 Å². The van der Waals surface area contributed by atoms with E-state index in [0.717, 1.165) is 35.4 Å². The summed E-state index contributed by atoms with van der Waals surface area (Å²) < 4.78 is 7.57. The SMILES string of the molecule is O=C(Nc1nc2cccc(-c3ccc(COc4ccccc4)cc3)n2n1)C1CC1. The molecule has 0 atom stereocenters. The van der Waals surface area contributed by atoms with E-state index in [0.29, 0.717) is 18.2 Å². The molecule has 4 aromatic rings. The zero-order valence-electron chi connectivity index (χ0n) is 15.8. The largest absolute Gasteiger partial charge is 0.489 e. The molecule has 1 amide bonds. The van der Waals surface area contributed by atoms with Gasteiger partial charge in [-0.15, -0.1) is 5.10 Å². The van der Waals surface area contributed by atoms with E-state index in [1.165, 1.54) is 0 Å². The van der Waals surface area contributed by atoms with E-state index in [9.17, 15) is 4.79 Å². The van der Waals surface area contributed by atoms with Gasteiger partial charge in [-0.3, -0.25) is 10.1 Å². The molecule has 1 saturated carbocycles. The molecule has 144 valence electrons. The van der Waals surface area contributed by atoms with Crippen LogP contribution >= 0.6 is 0 Å². The monoisotopic (exact) mass is 384 g/mol. The van der Waals surface area contributed by atoms with Gasteiger partial charge in [0.1, 0.15) is 12.4 Å². The molecule has 1 aliphatic rings. The molecule has 0 unspecified atom stereocenters. The fourth-order valence-corrected chi connectivity index (χ4v) is 3.19. The lowest BCUT2D eigenvalue weighted by atomic mass is 10.1. The lowest BCUT2D eigenvalue weighted by Crippen LogP contribution is -2.14. The number of hydrogen-bond acceptors (Lipinski definition) is 4. The molecule has 0 radical (unpaired) electrons. The number of nitrogens with one attached hydrogen (secondary N) is 1. The minimum absolute atomic E-state index is 0.00484. The van der Waals surface area contributed by atoms with E-state index in [2.05, 4.69) is 15.4 Å². The summed E-state index contributed by atoms with van der Waals surface area (Å²) in [6.07, 6.45) is 1.90. The van der Waals surface area contributed by atoms with Crippen LogP contribution in [0.1, 0.15) is 18.4 Å². The van der Waals surface area contributed by atoms with Gasteiger partial charge in [0, 0.05) is 11.5 Å². The number of carbonyl (C=O) groups excluding carboxylic acids is 1. The van der Waals surface area contributed by atoms with Crippen molar-refractivity contribution in [1.82, 2.24) is 14.6 Å². The van der Waals surface area contributed by atoms with Crippen LogP contribution in [0.4, 0.5) is 5.95 Å². The van der Waals surface area contributed by atoms with E-state index < -0.39 is 0 Å². The molecule has 2 aromatic carbocycles. The highest BCUT2D eigenvalue weighted by atomic mass is 16.5. The predicted molar refractivity (Wildman–Crippen MR) is 111 cm³/mol. The van der Waals surface area contributed by atoms with Gasteiger partial charge in [0.25, 0.3) is 0 Å². The van der Waals surface area contributed by atoms with Crippen molar-refractivity contribution in [2.45, 2.75) is 19.4 Å². The molecule has 1 N–H and O–H groups in total. The van der Waals surface area contributed by atoms with Crippen LogP contribution in [0, 0.1) is 5.92 Å². The van der Waals surface area contributed by atoms with Gasteiger partial charge in [-0.2, -0.15) is 4.98 Å². The maximum Gasteiger partial charge on any atom is 0.249 e. The first-order valence-corrected chi connectivity index (χ1v) is 9.70. The first-order chi connectivity index (χ1) is 14.3. The van der Waals surface area contributed by atoms with Crippen LogP contribution in [0.5, 0.6) is 5.75 Å². The van der Waals surface area contributed by atoms with E-state index in [4.69, 9.17) is 4.74 Å². The number of ether oxygens (including phenoxy) is 1. The molecule has 5 rings (SSSR count). The summed E-state index contributed by atoms with van der Waals surface area (Å²) in [5.74, 6) is 1.32. The molecule has 0 bridgehead atoms. The van der Waals surface area contributed by atoms with Gasteiger partial charge in [0.2, 0.25) is 11.9 Å². The maximum atomic E-state index is 12.0. The quantitative estimate of drug-likeness (QED) is 0.537. The van der Waals surface area contributed by atoms with Crippen molar-refractivity contribution < 1.29 is 9.53 Å². The first-order valence-electron chi connectivity index (χ1n) is 9.70. The topological polar surface area (TPSA) is 68.5 Å². The fourth-order valence-electron chi connectivity index (χ4n) is 3.19. The van der Waals surface area contributed by atoms with Gasteiger partial charge in [-0.25, -0.2) is 4.52 Å². The van der Waals surface area contributed by atoms with E-state index in [-0.39, 0.29) is 11.8 Å². The number of para-hydroxylation sites is 1. The molecule has 1 fully saturated rings. The number of benzene rings is 2. The third-order valence-electron chi connectivity index (χ3n) is 4.94. The number of rotatable bonds is 6. The normalized spacial score (nSPS) is 13.4. The second kappa shape index (κ2) is 7.39. The zero-order valence-corrected chi connectivity index (χ0v) is 15.8. The van der Waals surface area contributed by atoms with Gasteiger partial charge in [-0.1, -0.05) is 48.5 Å². The van der Waals surface area contributed by atoms with Gasteiger partial charge < -0.3 is 4.74 Å². The van der Waals surface area contributed by atoms with Crippen LogP contribution < -0.4 is 10.1 Å². The third-order valence-corrected chi connectivity index (χ3v) is 4.94. The number of aromatic nitrogens is 3. The molecule has 2 heterocycles. The van der Waals surface area contributed by atoms with E-state index in [1.807, 2.05) is 72.8 Å². The molecule has 2 aromatic heterocycles. The number of amides is 1. The number of nitrogens with zero attached hydrogens (tertiary/aromatic N) is 3. The Morgan fingerprint density at radius 3 is 2.55 bits per heavy atom. The summed E-state index contributed by atoms with van der Waals surface area (Å²) in [7, 11) is 0. The Bertz CT molecular complexity index is 1150. The Hall–Kier alpha value is -3.67. The Labute approximate surface area is 168 Å². The highest BCUT2D eigenvalue weighted by Crippen LogP contribution is 2.30. The minimum Gasteiger partial charge on any atom is -0.489 e. The molecule has 0 aliphatic heterocycles. The van der Waals surface area contributed by atoms with Gasteiger partial charge in [-0.05, 0) is 42.7 Å². The summed E-state index contributed by atoms with van der Waals surface area (Å²) in [4.78, 5) is 16.4. The maximum absolute atomic E-state index is 12.0. The van der Waals surface area contributed by atoms with Crippen molar-refractivity contribution in [3.63, 3.8) is 0 Å². The summed E-state index contributed by atoms with van der Waals surface area (Å²) >= 11 is 0. The van der Waals surface area contributed by atoms with E-state index >= 15 is 0 Å². The minimum atomic E-state index is 0.00484. The second-order valence-electron chi connectivity index (χ2n) is 7.18. The van der Waals surface area contributed by atoms with Crippen LogP contribution in [0.15, 0.2) is 72.8 Å². The zero-order chi connectivity index (χ0) is 19.6. The van der Waals surface area contributed by atoms with Crippen molar-refractivity contribution >= 4 is 17.5 Å². The Morgan fingerprint density at radius 2 is 1.79 bits per heavy atom. The lowest BCUT2D eigenvalue weighted by Gasteiger charge is -2.08. The van der Waals surface area contributed by atoms with Crippen molar-refractivity contribution in [2.75, 3.05) is 5.32 Å². The van der Waals surface area contributed by atoms with Crippen molar-refractivity contribution in [2.24, 2.45) is 5.92 Å². The highest BCUT2D eigenvalue weighted by Gasteiger charge is 2.30. The van der Waals surface area contributed by atoms with Crippen molar-refractivity contribution in [3.8, 4) is 17.0 Å². The summed E-state index contributed by atoms with van der Waals surface area (Å²) in [6.45, 7) is 0.509. The van der Waals surface area contributed by atoms with Crippen LogP contribution in [-0.4, -0.2) is 20.5 Å². The first kappa shape index (κ1) is 17.4. The second-order valence-corrected chi connectivity index (χ2v) is 7.18. The summed E-state index contributed by atoms with van der Waals surface area (Å²) in [5, 5.41) is 7.30. The standard InChI is InChI=1S/C23H20N4O2/c28-22(18-13-14-18)25-23-24-21-8-4-7-20(27(21)26-23)17-11-9-16(10-12-17)15-29-19-5-2-1-3-6-19/h1-12,18H,13-15H2,(H,25,26,28). The molecule has 0 spiro atoms. The lowest BCUT2D eigenvalue weighted by molar-refractivity contribution is -0.117. The molecule has 6 heteroatoms. The molecular formula is C23H20N4O2. The number of pyridine rings is 1. The average molecular weight is 384 g/mol. The van der Waals surface area contributed by atoms with E-state index in [1.54, 1.807) is 4.52 Å². The molecule has 0 saturated heterocycles. The van der Waals surface area contributed by atoms with Gasteiger partial charge in [0.15, 0.2) is 5.65 Å². The van der Waals surface area contributed by atoms with Crippen LogP contribution in [0.25, 0.3) is 16.9 Å². The number of anilines is 1. The van der Waals surface area contributed by atoms with Crippen molar-refractivity contribution in [3.05, 3.63) is 78.4 Å². The van der Waals surface area contributed by atoms with Gasteiger partial charge >= 0.3 is 0 Å². The van der Waals surface area contributed by atoms with Gasteiger partial charge in [0.05, 0.1) is 5.69 Å². The fraction of sp³-hybridized carbons (Fsp3) is 0.174. The predicted octanol–water partition coefficient (Wildman–Crippen LogP) is 4.32. The number of fused-ring (bicyclic) bond motifs is 1.